The number of rotatable bonds is 7. The highest BCUT2D eigenvalue weighted by Crippen LogP contribution is 2.33. The fraction of sp³-hybridized carbons (Fsp3) is 0.281. The van der Waals surface area contributed by atoms with Crippen LogP contribution in [0, 0.1) is 6.92 Å². The van der Waals surface area contributed by atoms with Crippen LogP contribution < -0.4 is 19.7 Å². The minimum absolute atomic E-state index is 0.00385. The fourth-order valence-corrected chi connectivity index (χ4v) is 5.88. The van der Waals surface area contributed by atoms with Crippen molar-refractivity contribution in [3.05, 3.63) is 95.3 Å². The number of anilines is 1. The molecular weight excluding hydrogens is 546 g/mol. The van der Waals surface area contributed by atoms with Gasteiger partial charge < -0.3 is 24.6 Å². The van der Waals surface area contributed by atoms with Crippen LogP contribution in [0.3, 0.4) is 0 Å². The molecule has 0 bridgehead atoms. The number of nitrogens with zero attached hydrogens (tertiary/aromatic N) is 6. The van der Waals surface area contributed by atoms with Crippen LogP contribution in [-0.2, 0) is 22.4 Å². The van der Waals surface area contributed by atoms with E-state index in [9.17, 15) is 9.59 Å². The Bertz CT molecular complexity index is 1720. The lowest BCUT2D eigenvalue weighted by atomic mass is 10.1. The Kier molecular flexibility index (Phi) is 6.98. The number of ether oxygens (including phenoxy) is 2. The summed E-state index contributed by atoms with van der Waals surface area (Å²) in [4.78, 5) is 44.4. The quantitative estimate of drug-likeness (QED) is 0.357. The van der Waals surface area contributed by atoms with Crippen molar-refractivity contribution in [2.45, 2.75) is 32.2 Å². The van der Waals surface area contributed by atoms with Crippen molar-refractivity contribution < 1.29 is 19.1 Å². The van der Waals surface area contributed by atoms with Gasteiger partial charge in [0.15, 0.2) is 11.5 Å². The summed E-state index contributed by atoms with van der Waals surface area (Å²) in [6.45, 7) is 3.53. The highest BCUT2D eigenvalue weighted by molar-refractivity contribution is 5.82. The molecule has 4 aromatic rings. The molecule has 1 N–H and O–H groups in total. The SMILES string of the molecule is Cc1cc(N2CCN(C(=O)Cc3ccc4c(c3)OCO4)CC2CC(=O)NC2=Cc3ccccc3C2)nc(-n2ccnc2)n1. The van der Waals surface area contributed by atoms with Crippen molar-refractivity contribution in [3.63, 3.8) is 0 Å². The van der Waals surface area contributed by atoms with Gasteiger partial charge in [0, 0.05) is 62.3 Å². The second kappa shape index (κ2) is 11.2. The lowest BCUT2D eigenvalue weighted by Crippen LogP contribution is -2.56. The Hall–Kier alpha value is -5.19. The molecule has 2 amide bonds. The number of aryl methyl sites for hydroxylation is 1. The van der Waals surface area contributed by atoms with E-state index in [-0.39, 0.29) is 37.5 Å². The second-order valence-corrected chi connectivity index (χ2v) is 11.0. The van der Waals surface area contributed by atoms with Gasteiger partial charge >= 0.3 is 0 Å². The number of amides is 2. The molecular formula is C32H31N7O4. The molecule has 0 saturated carbocycles. The number of benzene rings is 2. The van der Waals surface area contributed by atoms with Gasteiger partial charge in [-0.1, -0.05) is 30.3 Å². The van der Waals surface area contributed by atoms with Crippen LogP contribution in [0.2, 0.25) is 0 Å². The monoisotopic (exact) mass is 577 g/mol. The summed E-state index contributed by atoms with van der Waals surface area (Å²) in [5.41, 5.74) is 4.86. The number of carbonyl (C=O) groups is 2. The van der Waals surface area contributed by atoms with Crippen LogP contribution in [0.25, 0.3) is 12.0 Å². The van der Waals surface area contributed by atoms with Crippen LogP contribution in [-0.4, -0.2) is 68.7 Å². The largest absolute Gasteiger partial charge is 0.454 e. The van der Waals surface area contributed by atoms with E-state index in [2.05, 4.69) is 32.3 Å². The van der Waals surface area contributed by atoms with E-state index in [0.717, 1.165) is 22.5 Å². The number of imidazole rings is 1. The molecule has 2 aromatic heterocycles. The van der Waals surface area contributed by atoms with E-state index >= 15 is 0 Å². The lowest BCUT2D eigenvalue weighted by Gasteiger charge is -2.42. The maximum absolute atomic E-state index is 13.5. The molecule has 0 radical (unpaired) electrons. The van der Waals surface area contributed by atoms with Crippen molar-refractivity contribution in [2.75, 3.05) is 31.3 Å². The molecule has 2 aromatic carbocycles. The number of hydrogen-bond acceptors (Lipinski definition) is 8. The molecule has 1 fully saturated rings. The topological polar surface area (TPSA) is 115 Å². The third-order valence-electron chi connectivity index (χ3n) is 7.97. The average molecular weight is 578 g/mol. The van der Waals surface area contributed by atoms with E-state index in [1.807, 2.05) is 54.3 Å². The molecule has 218 valence electrons. The Morgan fingerprint density at radius 1 is 1.05 bits per heavy atom. The van der Waals surface area contributed by atoms with Gasteiger partial charge in [-0.05, 0) is 41.8 Å². The van der Waals surface area contributed by atoms with E-state index in [1.165, 1.54) is 5.56 Å². The molecule has 1 aliphatic carbocycles. The molecule has 1 saturated heterocycles. The minimum Gasteiger partial charge on any atom is -0.454 e. The van der Waals surface area contributed by atoms with Gasteiger partial charge in [0.2, 0.25) is 24.6 Å². The van der Waals surface area contributed by atoms with Crippen molar-refractivity contribution >= 4 is 23.7 Å². The van der Waals surface area contributed by atoms with Crippen molar-refractivity contribution in [1.29, 1.82) is 0 Å². The third-order valence-corrected chi connectivity index (χ3v) is 7.97. The lowest BCUT2D eigenvalue weighted by molar-refractivity contribution is -0.132. The summed E-state index contributed by atoms with van der Waals surface area (Å²) in [7, 11) is 0. The molecule has 0 spiro atoms. The first-order valence-electron chi connectivity index (χ1n) is 14.3. The predicted molar refractivity (Wildman–Crippen MR) is 159 cm³/mol. The number of fused-ring (bicyclic) bond motifs is 2. The maximum atomic E-state index is 13.5. The first-order valence-corrected chi connectivity index (χ1v) is 14.3. The van der Waals surface area contributed by atoms with Gasteiger partial charge in [-0.15, -0.1) is 0 Å². The van der Waals surface area contributed by atoms with Crippen LogP contribution in [0.5, 0.6) is 11.5 Å². The zero-order chi connectivity index (χ0) is 29.3. The molecule has 43 heavy (non-hydrogen) atoms. The van der Waals surface area contributed by atoms with Gasteiger partial charge in [0.1, 0.15) is 12.1 Å². The summed E-state index contributed by atoms with van der Waals surface area (Å²) >= 11 is 0. The Morgan fingerprint density at radius 3 is 2.79 bits per heavy atom. The molecule has 11 heteroatoms. The summed E-state index contributed by atoms with van der Waals surface area (Å²) in [6, 6.07) is 15.3. The van der Waals surface area contributed by atoms with E-state index < -0.39 is 0 Å². The summed E-state index contributed by atoms with van der Waals surface area (Å²) < 4.78 is 12.7. The van der Waals surface area contributed by atoms with Gasteiger partial charge in [-0.3, -0.25) is 14.2 Å². The normalized spacial score (nSPS) is 17.0. The van der Waals surface area contributed by atoms with Crippen molar-refractivity contribution in [1.82, 2.24) is 29.7 Å². The highest BCUT2D eigenvalue weighted by Gasteiger charge is 2.33. The third kappa shape index (κ3) is 5.66. The van der Waals surface area contributed by atoms with Gasteiger partial charge in [0.05, 0.1) is 12.5 Å². The molecule has 1 atom stereocenters. The Labute approximate surface area is 248 Å². The molecule has 4 heterocycles. The van der Waals surface area contributed by atoms with Crippen LogP contribution in [0.15, 0.2) is 72.9 Å². The van der Waals surface area contributed by atoms with Crippen LogP contribution >= 0.6 is 0 Å². The summed E-state index contributed by atoms with van der Waals surface area (Å²) in [5.74, 6) is 2.46. The first kappa shape index (κ1) is 26.7. The molecule has 1 unspecified atom stereocenters. The standard InChI is InChI=1S/C32H31N7O4/c1-21-12-29(36-32(34-21)38-9-8-33-19-38)39-11-10-37(31(41)14-22-6-7-27-28(13-22)43-20-42-27)18-26(39)17-30(40)35-25-15-23-4-2-3-5-24(23)16-25/h2-9,12-13,15,19,26H,10-11,14,16-18,20H2,1H3,(H,35,40). The number of hydrogen-bond donors (Lipinski definition) is 1. The fourth-order valence-electron chi connectivity index (χ4n) is 5.88. The molecule has 11 nitrogen and oxygen atoms in total. The molecule has 3 aliphatic rings. The molecule has 7 rings (SSSR count). The molecule has 2 aliphatic heterocycles. The summed E-state index contributed by atoms with van der Waals surface area (Å²) in [6.07, 6.45) is 8.28. The first-order chi connectivity index (χ1) is 21.0. The van der Waals surface area contributed by atoms with Gasteiger partial charge in [-0.2, -0.15) is 4.98 Å². The zero-order valence-electron chi connectivity index (χ0n) is 23.8. The second-order valence-electron chi connectivity index (χ2n) is 11.0. The Morgan fingerprint density at radius 2 is 1.93 bits per heavy atom. The average Bonchev–Trinajstić information content (AvgIpc) is 3.77. The van der Waals surface area contributed by atoms with Crippen molar-refractivity contribution in [2.24, 2.45) is 0 Å². The van der Waals surface area contributed by atoms with E-state index in [1.54, 1.807) is 23.3 Å². The maximum Gasteiger partial charge on any atom is 0.237 e. The number of nitrogens with one attached hydrogen (secondary N) is 1. The van der Waals surface area contributed by atoms with Gasteiger partial charge in [0.25, 0.3) is 0 Å². The number of allylic oxidation sites excluding steroid dienone is 1. The van der Waals surface area contributed by atoms with Gasteiger partial charge in [-0.25, -0.2) is 9.97 Å². The Balaban J connectivity index is 1.11. The predicted octanol–water partition coefficient (Wildman–Crippen LogP) is 3.06. The van der Waals surface area contributed by atoms with E-state index in [0.29, 0.717) is 49.3 Å². The van der Waals surface area contributed by atoms with E-state index in [4.69, 9.17) is 14.5 Å². The number of carbonyl (C=O) groups excluding carboxylic acids is 2. The van der Waals surface area contributed by atoms with Crippen LogP contribution in [0.4, 0.5) is 5.82 Å². The highest BCUT2D eigenvalue weighted by atomic mass is 16.7. The number of aromatic nitrogens is 4. The number of piperazine rings is 1. The smallest absolute Gasteiger partial charge is 0.237 e. The summed E-state index contributed by atoms with van der Waals surface area (Å²) in [5, 5.41) is 3.12. The zero-order valence-corrected chi connectivity index (χ0v) is 23.8. The van der Waals surface area contributed by atoms with Crippen LogP contribution in [0.1, 0.15) is 28.8 Å². The van der Waals surface area contributed by atoms with Crippen molar-refractivity contribution in [3.8, 4) is 17.4 Å². The minimum atomic E-state index is -0.288.